The molecular formula is C24H31ClN2O2. The van der Waals surface area contributed by atoms with Gasteiger partial charge in [0.05, 0.1) is 23.1 Å². The second kappa shape index (κ2) is 9.05. The zero-order valence-electron chi connectivity index (χ0n) is 18.4. The first-order valence-corrected chi connectivity index (χ1v) is 10.5. The molecule has 0 aromatic heterocycles. The first-order valence-electron chi connectivity index (χ1n) is 10.1. The second-order valence-corrected chi connectivity index (χ2v) is 9.63. The van der Waals surface area contributed by atoms with Crippen molar-refractivity contribution in [3.63, 3.8) is 0 Å². The lowest BCUT2D eigenvalue weighted by Crippen LogP contribution is -2.35. The van der Waals surface area contributed by atoms with Crippen molar-refractivity contribution < 1.29 is 9.53 Å². The number of carbonyl (C=O) groups excluding carboxylic acids is 1. The molecule has 5 heteroatoms. The summed E-state index contributed by atoms with van der Waals surface area (Å²) in [5.74, 6) is -0.456. The van der Waals surface area contributed by atoms with E-state index in [4.69, 9.17) is 16.3 Å². The lowest BCUT2D eigenvalue weighted by atomic mass is 9.78. The molecule has 1 aromatic rings. The normalized spacial score (nSPS) is 17.5. The maximum Gasteiger partial charge on any atom is 0.337 e. The van der Waals surface area contributed by atoms with Crippen molar-refractivity contribution in [1.29, 1.82) is 5.26 Å². The van der Waals surface area contributed by atoms with Gasteiger partial charge in [0, 0.05) is 16.4 Å². The highest BCUT2D eigenvalue weighted by Gasteiger charge is 2.38. The molecule has 1 aliphatic heterocycles. The van der Waals surface area contributed by atoms with Crippen LogP contribution in [0.2, 0.25) is 5.02 Å². The molecule has 0 saturated heterocycles. The van der Waals surface area contributed by atoms with E-state index in [2.05, 4.69) is 25.2 Å². The molecule has 1 atom stereocenters. The molecule has 0 radical (unpaired) electrons. The van der Waals surface area contributed by atoms with Crippen molar-refractivity contribution in [2.75, 3.05) is 0 Å². The molecule has 0 amide bonds. The molecule has 4 nitrogen and oxygen atoms in total. The number of hydrogen-bond donors (Lipinski definition) is 1. The first-order chi connectivity index (χ1) is 13.4. The minimum atomic E-state index is -0.633. The van der Waals surface area contributed by atoms with Gasteiger partial charge in [0.15, 0.2) is 0 Å². The van der Waals surface area contributed by atoms with Crippen LogP contribution in [-0.2, 0) is 9.53 Å². The molecular weight excluding hydrogens is 384 g/mol. The number of esters is 1. The monoisotopic (exact) mass is 414 g/mol. The van der Waals surface area contributed by atoms with Gasteiger partial charge >= 0.3 is 5.97 Å². The Hall–Kier alpha value is -2.25. The smallest absolute Gasteiger partial charge is 0.337 e. The summed E-state index contributed by atoms with van der Waals surface area (Å²) in [4.78, 5) is 13.3. The van der Waals surface area contributed by atoms with E-state index in [0.717, 1.165) is 23.4 Å². The number of carbonyl (C=O) groups is 1. The van der Waals surface area contributed by atoms with Crippen LogP contribution < -0.4 is 5.32 Å². The van der Waals surface area contributed by atoms with Crippen LogP contribution in [0.15, 0.2) is 46.8 Å². The van der Waals surface area contributed by atoms with E-state index in [9.17, 15) is 10.1 Å². The van der Waals surface area contributed by atoms with E-state index in [1.54, 1.807) is 12.1 Å². The fraction of sp³-hybridized carbons (Fsp3) is 0.500. The number of ether oxygens (including phenoxy) is 1. The second-order valence-electron chi connectivity index (χ2n) is 9.20. The highest BCUT2D eigenvalue weighted by molar-refractivity contribution is 6.30. The number of hydrogen-bond acceptors (Lipinski definition) is 4. The Morgan fingerprint density at radius 3 is 2.24 bits per heavy atom. The number of nitrogens with one attached hydrogen (secondary N) is 1. The molecule has 1 unspecified atom stereocenters. The van der Waals surface area contributed by atoms with Crippen LogP contribution in [0.25, 0.3) is 0 Å². The Kier molecular flexibility index (Phi) is 7.19. The van der Waals surface area contributed by atoms with Crippen LogP contribution >= 0.6 is 11.6 Å². The quantitative estimate of drug-likeness (QED) is 0.591. The predicted molar refractivity (Wildman–Crippen MR) is 117 cm³/mol. The van der Waals surface area contributed by atoms with E-state index in [0.29, 0.717) is 22.1 Å². The Morgan fingerprint density at radius 2 is 1.79 bits per heavy atom. The zero-order valence-corrected chi connectivity index (χ0v) is 19.1. The molecule has 1 aliphatic rings. The molecule has 0 bridgehead atoms. The molecule has 1 heterocycles. The lowest BCUT2D eigenvalue weighted by molar-refractivity contribution is -0.150. The molecule has 1 N–H and O–H groups in total. The van der Waals surface area contributed by atoms with Gasteiger partial charge in [0.2, 0.25) is 0 Å². The fourth-order valence-electron chi connectivity index (χ4n) is 3.48. The summed E-state index contributed by atoms with van der Waals surface area (Å²) in [5, 5.41) is 14.1. The number of allylic oxidation sites excluding steroid dienone is 3. The molecule has 0 fully saturated rings. The third-order valence-corrected chi connectivity index (χ3v) is 4.86. The number of dihydropyridines is 1. The van der Waals surface area contributed by atoms with Gasteiger partial charge in [-0.25, -0.2) is 4.79 Å². The maximum absolute atomic E-state index is 13.3. The maximum atomic E-state index is 13.3. The molecule has 29 heavy (non-hydrogen) atoms. The minimum absolute atomic E-state index is 0.0646. The van der Waals surface area contributed by atoms with Crippen molar-refractivity contribution in [2.45, 2.75) is 66.4 Å². The Morgan fingerprint density at radius 1 is 1.21 bits per heavy atom. The van der Waals surface area contributed by atoms with Crippen LogP contribution in [0, 0.1) is 23.2 Å². The van der Waals surface area contributed by atoms with Crippen molar-refractivity contribution >= 4 is 17.6 Å². The predicted octanol–water partition coefficient (Wildman–Crippen LogP) is 6.10. The Labute approximate surface area is 179 Å². The molecule has 0 aliphatic carbocycles. The highest BCUT2D eigenvalue weighted by atomic mass is 35.5. The van der Waals surface area contributed by atoms with Crippen LogP contribution in [0.5, 0.6) is 0 Å². The van der Waals surface area contributed by atoms with Crippen molar-refractivity contribution in [3.05, 3.63) is 57.4 Å². The van der Waals surface area contributed by atoms with E-state index in [1.807, 2.05) is 46.8 Å². The number of rotatable bonds is 5. The topological polar surface area (TPSA) is 62.1 Å². The summed E-state index contributed by atoms with van der Waals surface area (Å²) in [5.41, 5.74) is 2.97. The van der Waals surface area contributed by atoms with Crippen LogP contribution in [-0.4, -0.2) is 11.6 Å². The lowest BCUT2D eigenvalue weighted by Gasteiger charge is -2.34. The standard InChI is InChI=1S/C24H31ClN2O2/c1-14(2)12-19-18(13-26)20(16-8-10-17(25)11-9-16)21(22(27-19)15(3)4)23(28)29-24(5,6)7/h8-11,14-15,20,27H,12H2,1-7H3. The fourth-order valence-corrected chi connectivity index (χ4v) is 3.60. The minimum Gasteiger partial charge on any atom is -0.457 e. The highest BCUT2D eigenvalue weighted by Crippen LogP contribution is 2.42. The SMILES string of the molecule is CC(C)CC1=C(C#N)C(c2ccc(Cl)cc2)C(C(=O)OC(C)(C)C)=C(C(C)C)N1. The molecule has 0 spiro atoms. The molecule has 0 saturated carbocycles. The number of nitriles is 1. The Balaban J connectivity index is 2.74. The average Bonchev–Trinajstić information content (AvgIpc) is 2.59. The van der Waals surface area contributed by atoms with Gasteiger partial charge in [-0.2, -0.15) is 5.26 Å². The van der Waals surface area contributed by atoms with Gasteiger partial charge in [-0.05, 0) is 56.7 Å². The van der Waals surface area contributed by atoms with E-state index < -0.39 is 17.5 Å². The van der Waals surface area contributed by atoms with Crippen LogP contribution in [0.3, 0.4) is 0 Å². The number of benzene rings is 1. The van der Waals surface area contributed by atoms with Gasteiger partial charge in [-0.3, -0.25) is 0 Å². The zero-order chi connectivity index (χ0) is 21.9. The van der Waals surface area contributed by atoms with Gasteiger partial charge < -0.3 is 10.1 Å². The van der Waals surface area contributed by atoms with Gasteiger partial charge in [0.1, 0.15) is 5.60 Å². The van der Waals surface area contributed by atoms with Gasteiger partial charge in [0.25, 0.3) is 0 Å². The summed E-state index contributed by atoms with van der Waals surface area (Å²) in [6.45, 7) is 13.8. The van der Waals surface area contributed by atoms with E-state index >= 15 is 0 Å². The molecule has 156 valence electrons. The van der Waals surface area contributed by atoms with Gasteiger partial charge in [-0.15, -0.1) is 0 Å². The summed E-state index contributed by atoms with van der Waals surface area (Å²) in [6.07, 6.45) is 0.727. The average molecular weight is 415 g/mol. The Bertz CT molecular complexity index is 866. The molecule has 2 rings (SSSR count). The third kappa shape index (κ3) is 5.64. The largest absolute Gasteiger partial charge is 0.457 e. The third-order valence-electron chi connectivity index (χ3n) is 4.61. The van der Waals surface area contributed by atoms with Crippen LogP contribution in [0.4, 0.5) is 0 Å². The summed E-state index contributed by atoms with van der Waals surface area (Å²) < 4.78 is 5.75. The number of nitrogens with zero attached hydrogens (tertiary/aromatic N) is 1. The first kappa shape index (κ1) is 23.0. The summed E-state index contributed by atoms with van der Waals surface area (Å²) in [6, 6.07) is 9.71. The van der Waals surface area contributed by atoms with E-state index in [-0.39, 0.29) is 5.92 Å². The van der Waals surface area contributed by atoms with Crippen molar-refractivity contribution in [2.24, 2.45) is 11.8 Å². The summed E-state index contributed by atoms with van der Waals surface area (Å²) >= 11 is 6.09. The van der Waals surface area contributed by atoms with Crippen molar-refractivity contribution in [3.8, 4) is 6.07 Å². The summed E-state index contributed by atoms with van der Waals surface area (Å²) in [7, 11) is 0. The van der Waals surface area contributed by atoms with Crippen molar-refractivity contribution in [1.82, 2.24) is 5.32 Å². The molecule has 1 aromatic carbocycles. The van der Waals surface area contributed by atoms with Gasteiger partial charge in [-0.1, -0.05) is 51.4 Å². The number of halogens is 1. The van der Waals surface area contributed by atoms with Crippen LogP contribution in [0.1, 0.15) is 66.4 Å². The van der Waals surface area contributed by atoms with E-state index in [1.165, 1.54) is 0 Å².